The summed E-state index contributed by atoms with van der Waals surface area (Å²) in [5.41, 5.74) is 8.83. The van der Waals surface area contributed by atoms with Crippen molar-refractivity contribution in [2.24, 2.45) is 5.73 Å². The van der Waals surface area contributed by atoms with E-state index < -0.39 is 5.91 Å². The molecule has 33 heavy (non-hydrogen) atoms. The third kappa shape index (κ3) is 4.94. The number of nitrogens with two attached hydrogens (primary N) is 1. The van der Waals surface area contributed by atoms with E-state index in [0.29, 0.717) is 26.2 Å². The summed E-state index contributed by atoms with van der Waals surface area (Å²) in [5, 5.41) is 2.59. The number of hydrogen-bond acceptors (Lipinski definition) is 6. The van der Waals surface area contributed by atoms with E-state index >= 15 is 0 Å². The van der Waals surface area contributed by atoms with E-state index in [1.54, 1.807) is 35.2 Å². The highest BCUT2D eigenvalue weighted by Gasteiger charge is 2.28. The number of hydrogen-bond donors (Lipinski definition) is 2. The maximum atomic E-state index is 12.8. The van der Waals surface area contributed by atoms with Crippen LogP contribution >= 0.6 is 24.0 Å². The van der Waals surface area contributed by atoms with Crippen LogP contribution in [0.25, 0.3) is 6.08 Å². The molecular weight excluding hydrogens is 458 g/mol. The van der Waals surface area contributed by atoms with Crippen molar-refractivity contribution in [2.45, 2.75) is 32.7 Å². The summed E-state index contributed by atoms with van der Waals surface area (Å²) in [7, 11) is 0. The van der Waals surface area contributed by atoms with Crippen molar-refractivity contribution in [3.05, 3.63) is 63.6 Å². The lowest BCUT2D eigenvalue weighted by Crippen LogP contribution is -2.38. The standard InChI is InChI=1S/C24H23N3O4S2/c1-24(2,3)16-7-14(6-15(10-16)21(25)29)11-27-17-8-13(4-5-18(17)31-12-20(27)28)9-19-22(30)26-23(32)33-19/h4-10H,11-12H2,1-3H3,(H2,25,29)(H,26,30,32)/b19-9+. The van der Waals surface area contributed by atoms with Gasteiger partial charge in [0.05, 0.1) is 17.1 Å². The number of anilines is 1. The van der Waals surface area contributed by atoms with Gasteiger partial charge in [-0.1, -0.05) is 56.9 Å². The highest BCUT2D eigenvalue weighted by Crippen LogP contribution is 2.36. The summed E-state index contributed by atoms with van der Waals surface area (Å²) in [6.45, 7) is 6.32. The summed E-state index contributed by atoms with van der Waals surface area (Å²) in [6.07, 6.45) is 1.72. The van der Waals surface area contributed by atoms with Crippen LogP contribution in [0, 0.1) is 0 Å². The number of nitrogens with one attached hydrogen (secondary N) is 1. The Kier molecular flexibility index (Phi) is 6.02. The zero-order chi connectivity index (χ0) is 23.9. The van der Waals surface area contributed by atoms with E-state index in [1.165, 1.54) is 11.8 Å². The number of benzene rings is 2. The lowest BCUT2D eigenvalue weighted by molar-refractivity contribution is -0.121. The molecule has 170 valence electrons. The molecule has 4 rings (SSSR count). The van der Waals surface area contributed by atoms with Crippen molar-refractivity contribution >= 4 is 57.8 Å². The van der Waals surface area contributed by atoms with E-state index in [9.17, 15) is 14.4 Å². The van der Waals surface area contributed by atoms with Crippen LogP contribution in [0.2, 0.25) is 0 Å². The molecule has 2 aromatic carbocycles. The normalized spacial score (nSPS) is 17.1. The number of primary amides is 1. The van der Waals surface area contributed by atoms with E-state index in [0.717, 1.165) is 16.7 Å². The fourth-order valence-electron chi connectivity index (χ4n) is 3.60. The van der Waals surface area contributed by atoms with Crippen molar-refractivity contribution in [3.8, 4) is 5.75 Å². The van der Waals surface area contributed by atoms with Crippen LogP contribution in [0.4, 0.5) is 5.69 Å². The van der Waals surface area contributed by atoms with Crippen LogP contribution in [0.5, 0.6) is 5.75 Å². The number of rotatable bonds is 4. The number of fused-ring (bicyclic) bond motifs is 1. The summed E-state index contributed by atoms with van der Waals surface area (Å²) in [4.78, 5) is 38.9. The molecule has 2 aliphatic heterocycles. The Morgan fingerprint density at radius 3 is 2.64 bits per heavy atom. The molecule has 0 atom stereocenters. The highest BCUT2D eigenvalue weighted by atomic mass is 32.2. The van der Waals surface area contributed by atoms with Crippen LogP contribution in [-0.4, -0.2) is 28.6 Å². The van der Waals surface area contributed by atoms with Gasteiger partial charge < -0.3 is 20.7 Å². The van der Waals surface area contributed by atoms with Gasteiger partial charge in [-0.25, -0.2) is 0 Å². The van der Waals surface area contributed by atoms with Gasteiger partial charge in [-0.15, -0.1) is 0 Å². The number of carbonyl (C=O) groups excluding carboxylic acids is 3. The lowest BCUT2D eigenvalue weighted by Gasteiger charge is -2.30. The Labute approximate surface area is 201 Å². The summed E-state index contributed by atoms with van der Waals surface area (Å²) in [5.74, 6) is -0.402. The van der Waals surface area contributed by atoms with Crippen molar-refractivity contribution in [3.63, 3.8) is 0 Å². The monoisotopic (exact) mass is 481 g/mol. The molecule has 1 fully saturated rings. The maximum absolute atomic E-state index is 12.8. The van der Waals surface area contributed by atoms with Crippen molar-refractivity contribution < 1.29 is 19.1 Å². The predicted octanol–water partition coefficient (Wildman–Crippen LogP) is 3.50. The Morgan fingerprint density at radius 1 is 1.24 bits per heavy atom. The molecule has 3 N–H and O–H groups in total. The topological polar surface area (TPSA) is 102 Å². The van der Waals surface area contributed by atoms with Gasteiger partial charge in [-0.05, 0) is 52.4 Å². The zero-order valence-corrected chi connectivity index (χ0v) is 20.1. The van der Waals surface area contributed by atoms with Crippen molar-refractivity contribution in [1.82, 2.24) is 5.32 Å². The van der Waals surface area contributed by atoms with Gasteiger partial charge in [0, 0.05) is 5.56 Å². The molecule has 0 radical (unpaired) electrons. The minimum Gasteiger partial charge on any atom is -0.482 e. The summed E-state index contributed by atoms with van der Waals surface area (Å²) < 4.78 is 6.03. The second-order valence-corrected chi connectivity index (χ2v) is 10.6. The zero-order valence-electron chi connectivity index (χ0n) is 18.4. The fraction of sp³-hybridized carbons (Fsp3) is 0.250. The Bertz CT molecular complexity index is 1230. The first-order valence-corrected chi connectivity index (χ1v) is 11.5. The SMILES string of the molecule is CC(C)(C)c1cc(CN2C(=O)COc3ccc(/C=C4/SC(=S)NC4=O)cc32)cc(C(N)=O)c1. The predicted molar refractivity (Wildman–Crippen MR) is 133 cm³/mol. The Balaban J connectivity index is 1.72. The fourth-order valence-corrected chi connectivity index (χ4v) is 4.64. The van der Waals surface area contributed by atoms with Gasteiger partial charge in [-0.3, -0.25) is 14.4 Å². The molecule has 0 aliphatic carbocycles. The molecule has 7 nitrogen and oxygen atoms in total. The molecular formula is C24H23N3O4S2. The Morgan fingerprint density at radius 2 is 2.00 bits per heavy atom. The molecule has 2 heterocycles. The van der Waals surface area contributed by atoms with Crippen LogP contribution in [0.3, 0.4) is 0 Å². The summed E-state index contributed by atoms with van der Waals surface area (Å²) in [6, 6.07) is 10.9. The van der Waals surface area contributed by atoms with Crippen molar-refractivity contribution in [2.75, 3.05) is 11.5 Å². The first-order chi connectivity index (χ1) is 15.5. The van der Waals surface area contributed by atoms with Gasteiger partial charge >= 0.3 is 0 Å². The van der Waals surface area contributed by atoms with E-state index in [1.807, 2.05) is 12.1 Å². The van der Waals surface area contributed by atoms with Crippen LogP contribution in [-0.2, 0) is 21.5 Å². The van der Waals surface area contributed by atoms with Crippen LogP contribution in [0.1, 0.15) is 47.8 Å². The second kappa shape index (κ2) is 8.64. The first-order valence-electron chi connectivity index (χ1n) is 10.3. The van der Waals surface area contributed by atoms with E-state index in [-0.39, 0.29) is 30.4 Å². The maximum Gasteiger partial charge on any atom is 0.265 e. The van der Waals surface area contributed by atoms with E-state index in [2.05, 4.69) is 26.1 Å². The molecule has 2 aliphatic rings. The average Bonchev–Trinajstić information content (AvgIpc) is 3.06. The van der Waals surface area contributed by atoms with Gasteiger partial charge in [0.2, 0.25) is 5.91 Å². The molecule has 9 heteroatoms. The second-order valence-electron chi connectivity index (χ2n) is 8.88. The minimum atomic E-state index is -0.518. The third-order valence-corrected chi connectivity index (χ3v) is 6.51. The number of amides is 3. The van der Waals surface area contributed by atoms with Gasteiger partial charge in [-0.2, -0.15) is 0 Å². The number of thiocarbonyl (C=S) groups is 1. The lowest BCUT2D eigenvalue weighted by atomic mass is 9.85. The molecule has 0 unspecified atom stereocenters. The molecule has 1 saturated heterocycles. The minimum absolute atomic E-state index is 0.0817. The van der Waals surface area contributed by atoms with Gasteiger partial charge in [0.15, 0.2) is 6.61 Å². The number of thioether (sulfide) groups is 1. The van der Waals surface area contributed by atoms with Gasteiger partial charge in [0.1, 0.15) is 10.1 Å². The Hall–Kier alpha value is -3.17. The average molecular weight is 482 g/mol. The molecule has 0 saturated carbocycles. The highest BCUT2D eigenvalue weighted by molar-refractivity contribution is 8.26. The molecule has 0 aromatic heterocycles. The van der Waals surface area contributed by atoms with Gasteiger partial charge in [0.25, 0.3) is 11.8 Å². The van der Waals surface area contributed by atoms with Crippen LogP contribution in [0.15, 0.2) is 41.3 Å². The largest absolute Gasteiger partial charge is 0.482 e. The summed E-state index contributed by atoms with van der Waals surface area (Å²) >= 11 is 6.24. The molecule has 0 bridgehead atoms. The van der Waals surface area contributed by atoms with E-state index in [4.69, 9.17) is 22.7 Å². The smallest absolute Gasteiger partial charge is 0.265 e. The molecule has 2 aromatic rings. The molecule has 3 amide bonds. The number of ether oxygens (including phenoxy) is 1. The first kappa shape index (κ1) is 23.0. The quantitative estimate of drug-likeness (QED) is 0.512. The molecule has 0 spiro atoms. The third-order valence-electron chi connectivity index (χ3n) is 5.35. The number of carbonyl (C=O) groups is 3. The number of nitrogens with zero attached hydrogens (tertiary/aromatic N) is 1. The van der Waals surface area contributed by atoms with Crippen LogP contribution < -0.4 is 20.7 Å². The van der Waals surface area contributed by atoms with Crippen molar-refractivity contribution in [1.29, 1.82) is 0 Å².